The number of carbonyl (C=O) groups is 1. The van der Waals surface area contributed by atoms with Crippen molar-refractivity contribution in [2.45, 2.75) is 49.6 Å². The molecule has 2 aliphatic heterocycles. The lowest BCUT2D eigenvalue weighted by Gasteiger charge is -2.37. The molecule has 7 atom stereocenters. The van der Waals surface area contributed by atoms with Gasteiger partial charge in [0.2, 0.25) is 0 Å². The van der Waals surface area contributed by atoms with Gasteiger partial charge in [-0.25, -0.2) is 4.79 Å². The molecular weight excluding hydrogens is 260 g/mol. The van der Waals surface area contributed by atoms with Crippen molar-refractivity contribution in [1.29, 1.82) is 0 Å². The topological polar surface area (TPSA) is 76.0 Å². The maximum absolute atomic E-state index is 11.7. The van der Waals surface area contributed by atoms with Crippen LogP contribution in [-0.4, -0.2) is 46.2 Å². The average Bonchev–Trinajstić information content (AvgIpc) is 2.94. The van der Waals surface area contributed by atoms with Gasteiger partial charge < -0.3 is 19.7 Å². The Morgan fingerprint density at radius 1 is 1.40 bits per heavy atom. The predicted octanol–water partition coefficient (Wildman–Crippen LogP) is 0.395. The summed E-state index contributed by atoms with van der Waals surface area (Å²) in [5.41, 5.74) is -1.12. The van der Waals surface area contributed by atoms with Crippen LogP contribution in [0.2, 0.25) is 0 Å². The molecule has 0 radical (unpaired) electrons. The third-order valence-electron chi connectivity index (χ3n) is 6.10. The number of fused-ring (bicyclic) bond motifs is 1. The van der Waals surface area contributed by atoms with Crippen LogP contribution in [0.5, 0.6) is 0 Å². The molecule has 4 aliphatic rings. The highest BCUT2D eigenvalue weighted by atomic mass is 16.6. The van der Waals surface area contributed by atoms with Gasteiger partial charge in [-0.1, -0.05) is 13.5 Å². The Kier molecular flexibility index (Phi) is 2.33. The molecule has 2 saturated carbocycles. The second-order valence-electron chi connectivity index (χ2n) is 6.95. The molecule has 20 heavy (non-hydrogen) atoms. The minimum atomic E-state index is -0.978. The van der Waals surface area contributed by atoms with Gasteiger partial charge in [-0.2, -0.15) is 0 Å². The molecule has 2 heterocycles. The summed E-state index contributed by atoms with van der Waals surface area (Å²) in [5, 5.41) is 21.6. The van der Waals surface area contributed by atoms with E-state index in [1.807, 2.05) is 0 Å². The van der Waals surface area contributed by atoms with Gasteiger partial charge in [0, 0.05) is 11.5 Å². The first-order valence-electron chi connectivity index (χ1n) is 7.33. The van der Waals surface area contributed by atoms with Crippen LogP contribution in [0.4, 0.5) is 0 Å². The normalized spacial score (nSPS) is 57.2. The van der Waals surface area contributed by atoms with Gasteiger partial charge in [0.25, 0.3) is 0 Å². The number of carbonyl (C=O) groups excluding carboxylic acids is 1. The molecule has 5 heteroatoms. The average molecular weight is 280 g/mol. The lowest BCUT2D eigenvalue weighted by Crippen LogP contribution is -2.48. The zero-order chi connectivity index (χ0) is 14.3. The zero-order valence-electron chi connectivity index (χ0n) is 11.5. The summed E-state index contributed by atoms with van der Waals surface area (Å²) in [4.78, 5) is 11.7. The SMILES string of the molecule is C=C1C(=O)O[C@H]2C[C@H](C)[C@]34CC[C@](O)(CO3)[C@@H]4[C@@H](O)[C@H]12. The highest BCUT2D eigenvalue weighted by Crippen LogP contribution is 2.61. The van der Waals surface area contributed by atoms with Crippen molar-refractivity contribution in [3.05, 3.63) is 12.2 Å². The van der Waals surface area contributed by atoms with E-state index in [0.29, 0.717) is 18.4 Å². The number of hydrogen-bond donors (Lipinski definition) is 2. The van der Waals surface area contributed by atoms with Gasteiger partial charge in [0.05, 0.1) is 29.8 Å². The lowest BCUT2D eigenvalue weighted by molar-refractivity contribution is -0.141. The minimum absolute atomic E-state index is 0.132. The summed E-state index contributed by atoms with van der Waals surface area (Å²) in [7, 11) is 0. The summed E-state index contributed by atoms with van der Waals surface area (Å²) >= 11 is 0. The first-order valence-corrected chi connectivity index (χ1v) is 7.33. The highest BCUT2D eigenvalue weighted by molar-refractivity contribution is 5.91. The van der Waals surface area contributed by atoms with Gasteiger partial charge in [-0.15, -0.1) is 0 Å². The first-order chi connectivity index (χ1) is 9.39. The fourth-order valence-electron chi connectivity index (χ4n) is 5.09. The quantitative estimate of drug-likeness (QED) is 0.496. The molecule has 0 unspecified atom stereocenters. The summed E-state index contributed by atoms with van der Waals surface area (Å²) in [6.07, 6.45) is 0.885. The standard InChI is InChI=1S/C15H20O5/c1-7-5-9-10(8(2)13(17)20-9)11(16)12-14(18)3-4-15(7,12)19-6-14/h7,9-12,16,18H,2-6H2,1H3/t7-,9-,10+,11-,12-,14-,15-/m0/s1. The molecule has 2 N–H and O–H groups in total. The Morgan fingerprint density at radius 3 is 2.80 bits per heavy atom. The molecule has 0 aromatic heterocycles. The van der Waals surface area contributed by atoms with Gasteiger partial charge in [-0.3, -0.25) is 0 Å². The monoisotopic (exact) mass is 280 g/mol. The molecule has 0 spiro atoms. The van der Waals surface area contributed by atoms with Crippen LogP contribution in [0.25, 0.3) is 0 Å². The molecule has 2 saturated heterocycles. The van der Waals surface area contributed by atoms with Crippen molar-refractivity contribution in [1.82, 2.24) is 0 Å². The van der Waals surface area contributed by atoms with Crippen molar-refractivity contribution in [3.8, 4) is 0 Å². The van der Waals surface area contributed by atoms with E-state index in [1.54, 1.807) is 0 Å². The Balaban J connectivity index is 1.81. The largest absolute Gasteiger partial charge is 0.458 e. The molecular formula is C15H20O5. The molecule has 2 bridgehead atoms. The zero-order valence-corrected chi connectivity index (χ0v) is 11.5. The van der Waals surface area contributed by atoms with Gasteiger partial charge in [0.1, 0.15) is 6.10 Å². The third kappa shape index (κ3) is 1.27. The number of ether oxygens (including phenoxy) is 2. The van der Waals surface area contributed by atoms with Crippen LogP contribution in [0.3, 0.4) is 0 Å². The van der Waals surface area contributed by atoms with Crippen molar-refractivity contribution in [2.24, 2.45) is 17.8 Å². The van der Waals surface area contributed by atoms with E-state index in [9.17, 15) is 15.0 Å². The molecule has 4 fully saturated rings. The lowest BCUT2D eigenvalue weighted by atomic mass is 9.74. The summed E-state index contributed by atoms with van der Waals surface area (Å²) < 4.78 is 11.3. The van der Waals surface area contributed by atoms with Crippen LogP contribution in [-0.2, 0) is 14.3 Å². The van der Waals surface area contributed by atoms with Crippen LogP contribution in [0, 0.1) is 17.8 Å². The van der Waals surface area contributed by atoms with E-state index in [4.69, 9.17) is 9.47 Å². The molecule has 4 rings (SSSR count). The summed E-state index contributed by atoms with van der Waals surface area (Å²) in [6.45, 7) is 6.12. The van der Waals surface area contributed by atoms with E-state index >= 15 is 0 Å². The third-order valence-corrected chi connectivity index (χ3v) is 6.10. The first kappa shape index (κ1) is 12.8. The number of aliphatic hydroxyl groups excluding tert-OH is 1. The van der Waals surface area contributed by atoms with E-state index in [2.05, 4.69) is 13.5 Å². The van der Waals surface area contributed by atoms with Gasteiger partial charge in [-0.05, 0) is 25.2 Å². The smallest absolute Gasteiger partial charge is 0.334 e. The second kappa shape index (κ2) is 3.64. The van der Waals surface area contributed by atoms with E-state index in [-0.39, 0.29) is 24.5 Å². The molecule has 0 amide bonds. The van der Waals surface area contributed by atoms with Crippen LogP contribution >= 0.6 is 0 Å². The molecule has 2 aliphatic carbocycles. The fraction of sp³-hybridized carbons (Fsp3) is 0.800. The predicted molar refractivity (Wildman–Crippen MR) is 68.7 cm³/mol. The number of aliphatic hydroxyl groups is 2. The maximum Gasteiger partial charge on any atom is 0.334 e. The molecule has 5 nitrogen and oxygen atoms in total. The van der Waals surface area contributed by atoms with Crippen LogP contribution < -0.4 is 0 Å². The van der Waals surface area contributed by atoms with E-state index in [0.717, 1.165) is 6.42 Å². The van der Waals surface area contributed by atoms with Crippen LogP contribution in [0.15, 0.2) is 12.2 Å². The van der Waals surface area contributed by atoms with E-state index < -0.39 is 29.2 Å². The maximum atomic E-state index is 11.7. The van der Waals surface area contributed by atoms with Gasteiger partial charge >= 0.3 is 5.97 Å². The minimum Gasteiger partial charge on any atom is -0.458 e. The van der Waals surface area contributed by atoms with Crippen molar-refractivity contribution < 1.29 is 24.5 Å². The van der Waals surface area contributed by atoms with Gasteiger partial charge in [0.15, 0.2) is 0 Å². The molecule has 0 aromatic carbocycles. The Bertz CT molecular complexity index is 490. The van der Waals surface area contributed by atoms with Crippen molar-refractivity contribution in [2.75, 3.05) is 6.61 Å². The number of hydrogen-bond acceptors (Lipinski definition) is 5. The van der Waals surface area contributed by atoms with Crippen molar-refractivity contribution >= 4 is 5.97 Å². The summed E-state index contributed by atoms with van der Waals surface area (Å²) in [6, 6.07) is 0. The highest BCUT2D eigenvalue weighted by Gasteiger charge is 2.71. The Hall–Kier alpha value is -0.910. The second-order valence-corrected chi connectivity index (χ2v) is 6.95. The number of rotatable bonds is 0. The summed E-state index contributed by atoms with van der Waals surface area (Å²) in [5.74, 6) is -1.05. The number of esters is 1. The molecule has 0 aromatic rings. The van der Waals surface area contributed by atoms with E-state index in [1.165, 1.54) is 0 Å². The molecule has 110 valence electrons. The Morgan fingerprint density at radius 2 is 2.15 bits per heavy atom. The fourth-order valence-corrected chi connectivity index (χ4v) is 5.09. The Labute approximate surface area is 117 Å². The van der Waals surface area contributed by atoms with Crippen LogP contribution in [0.1, 0.15) is 26.2 Å². The van der Waals surface area contributed by atoms with Crippen molar-refractivity contribution in [3.63, 3.8) is 0 Å².